The Kier molecular flexibility index (Phi) is 6.05. The van der Waals surface area contributed by atoms with Crippen LogP contribution in [-0.2, 0) is 10.2 Å². The third-order valence-corrected chi connectivity index (χ3v) is 6.53. The molecule has 0 radical (unpaired) electrons. The van der Waals surface area contributed by atoms with Crippen molar-refractivity contribution in [2.75, 3.05) is 32.7 Å². The van der Waals surface area contributed by atoms with E-state index in [-0.39, 0.29) is 6.04 Å². The molecule has 0 aromatic carbocycles. The number of hydrogen-bond acceptors (Lipinski definition) is 3. The van der Waals surface area contributed by atoms with Gasteiger partial charge in [0.1, 0.15) is 0 Å². The molecule has 21 heavy (non-hydrogen) atoms. The lowest BCUT2D eigenvalue weighted by Gasteiger charge is -2.36. The third kappa shape index (κ3) is 4.91. The highest BCUT2D eigenvalue weighted by molar-refractivity contribution is 7.87. The molecule has 0 saturated carbocycles. The SMILES string of the molecule is CC1CCN(S(=O)(=O)NC[C@H](C)N2CCC[C@@H](C)C2)CC1. The molecule has 5 nitrogen and oxygen atoms in total. The maximum Gasteiger partial charge on any atom is 0.279 e. The van der Waals surface area contributed by atoms with E-state index in [1.54, 1.807) is 4.31 Å². The Hall–Kier alpha value is -0.170. The van der Waals surface area contributed by atoms with E-state index in [0.29, 0.717) is 25.6 Å². The molecule has 2 saturated heterocycles. The molecular formula is C15H31N3O2S. The molecule has 0 amide bonds. The van der Waals surface area contributed by atoms with Crippen LogP contribution < -0.4 is 4.72 Å². The van der Waals surface area contributed by atoms with Crippen molar-refractivity contribution in [1.29, 1.82) is 0 Å². The van der Waals surface area contributed by atoms with Crippen LogP contribution in [0.4, 0.5) is 0 Å². The number of nitrogens with one attached hydrogen (secondary N) is 1. The molecule has 0 aromatic heterocycles. The summed E-state index contributed by atoms with van der Waals surface area (Å²) in [6.07, 6.45) is 4.46. The van der Waals surface area contributed by atoms with Crippen molar-refractivity contribution < 1.29 is 8.42 Å². The van der Waals surface area contributed by atoms with Crippen LogP contribution in [-0.4, -0.2) is 56.4 Å². The van der Waals surface area contributed by atoms with Crippen molar-refractivity contribution in [3.63, 3.8) is 0 Å². The van der Waals surface area contributed by atoms with Crippen molar-refractivity contribution in [1.82, 2.24) is 13.9 Å². The predicted molar refractivity (Wildman–Crippen MR) is 86.3 cm³/mol. The van der Waals surface area contributed by atoms with Gasteiger partial charge in [-0.3, -0.25) is 4.90 Å². The summed E-state index contributed by atoms with van der Waals surface area (Å²) in [6, 6.07) is 0.270. The van der Waals surface area contributed by atoms with E-state index >= 15 is 0 Å². The molecule has 2 aliphatic rings. The van der Waals surface area contributed by atoms with Crippen molar-refractivity contribution in [3.05, 3.63) is 0 Å². The Labute approximate surface area is 130 Å². The van der Waals surface area contributed by atoms with Crippen molar-refractivity contribution in [2.24, 2.45) is 11.8 Å². The van der Waals surface area contributed by atoms with Gasteiger partial charge in [-0.1, -0.05) is 13.8 Å². The summed E-state index contributed by atoms with van der Waals surface area (Å²) in [4.78, 5) is 2.41. The summed E-state index contributed by atoms with van der Waals surface area (Å²) in [6.45, 7) is 10.6. The maximum absolute atomic E-state index is 12.3. The summed E-state index contributed by atoms with van der Waals surface area (Å²) in [5, 5.41) is 0. The minimum absolute atomic E-state index is 0.270. The van der Waals surface area contributed by atoms with E-state index in [1.165, 1.54) is 12.8 Å². The van der Waals surface area contributed by atoms with Gasteiger partial charge < -0.3 is 0 Å². The lowest BCUT2D eigenvalue weighted by atomic mass is 9.99. The fourth-order valence-electron chi connectivity index (χ4n) is 3.30. The Balaban J connectivity index is 1.80. The Morgan fingerprint density at radius 2 is 1.76 bits per heavy atom. The molecule has 0 aromatic rings. The van der Waals surface area contributed by atoms with Crippen LogP contribution in [0.3, 0.4) is 0 Å². The Bertz CT molecular complexity index is 419. The molecule has 0 unspecified atom stereocenters. The Morgan fingerprint density at radius 3 is 2.38 bits per heavy atom. The van der Waals surface area contributed by atoms with E-state index in [9.17, 15) is 8.42 Å². The number of rotatable bonds is 5. The molecule has 1 N–H and O–H groups in total. The van der Waals surface area contributed by atoms with E-state index in [4.69, 9.17) is 0 Å². The second-order valence-corrected chi connectivity index (χ2v) is 8.78. The highest BCUT2D eigenvalue weighted by atomic mass is 32.2. The number of piperidine rings is 2. The molecule has 2 heterocycles. The van der Waals surface area contributed by atoms with E-state index in [0.717, 1.165) is 31.8 Å². The molecule has 0 aliphatic carbocycles. The lowest BCUT2D eigenvalue weighted by molar-refractivity contribution is 0.139. The van der Waals surface area contributed by atoms with Gasteiger partial charge in [0.05, 0.1) is 0 Å². The average Bonchev–Trinajstić information content (AvgIpc) is 2.45. The topological polar surface area (TPSA) is 52.7 Å². The molecule has 124 valence electrons. The van der Waals surface area contributed by atoms with Gasteiger partial charge in [0.15, 0.2) is 0 Å². The van der Waals surface area contributed by atoms with Crippen LogP contribution in [0.1, 0.15) is 46.5 Å². The first-order valence-corrected chi connectivity index (χ1v) is 9.81. The third-order valence-electron chi connectivity index (χ3n) is 4.96. The maximum atomic E-state index is 12.3. The fraction of sp³-hybridized carbons (Fsp3) is 1.00. The molecular weight excluding hydrogens is 286 g/mol. The van der Waals surface area contributed by atoms with Crippen LogP contribution in [0.15, 0.2) is 0 Å². The molecule has 2 atom stereocenters. The van der Waals surface area contributed by atoms with Crippen molar-refractivity contribution in [2.45, 2.75) is 52.5 Å². The molecule has 2 fully saturated rings. The minimum Gasteiger partial charge on any atom is -0.299 e. The van der Waals surface area contributed by atoms with Gasteiger partial charge in [-0.25, -0.2) is 4.72 Å². The largest absolute Gasteiger partial charge is 0.299 e. The second kappa shape index (κ2) is 7.40. The molecule has 0 bridgehead atoms. The van der Waals surface area contributed by atoms with E-state index in [2.05, 4.69) is 30.4 Å². The number of hydrogen-bond donors (Lipinski definition) is 1. The smallest absolute Gasteiger partial charge is 0.279 e. The summed E-state index contributed by atoms with van der Waals surface area (Å²) in [7, 11) is -3.30. The summed E-state index contributed by atoms with van der Waals surface area (Å²) in [5.41, 5.74) is 0. The van der Waals surface area contributed by atoms with Crippen molar-refractivity contribution >= 4 is 10.2 Å². The number of likely N-dealkylation sites (tertiary alicyclic amines) is 1. The summed E-state index contributed by atoms with van der Waals surface area (Å²) >= 11 is 0. The van der Waals surface area contributed by atoms with Crippen LogP contribution >= 0.6 is 0 Å². The van der Waals surface area contributed by atoms with Crippen LogP contribution in [0.2, 0.25) is 0 Å². The van der Waals surface area contributed by atoms with Gasteiger partial charge in [0.2, 0.25) is 0 Å². The molecule has 0 spiro atoms. The zero-order valence-electron chi connectivity index (χ0n) is 13.7. The quantitative estimate of drug-likeness (QED) is 0.839. The van der Waals surface area contributed by atoms with Crippen LogP contribution in [0.25, 0.3) is 0 Å². The summed E-state index contributed by atoms with van der Waals surface area (Å²) in [5.74, 6) is 1.37. The van der Waals surface area contributed by atoms with Crippen molar-refractivity contribution in [3.8, 4) is 0 Å². The van der Waals surface area contributed by atoms with E-state index < -0.39 is 10.2 Å². The van der Waals surface area contributed by atoms with Gasteiger partial charge in [-0.2, -0.15) is 12.7 Å². The zero-order valence-corrected chi connectivity index (χ0v) is 14.5. The van der Waals surface area contributed by atoms with Gasteiger partial charge in [-0.05, 0) is 51.0 Å². The number of nitrogens with zero attached hydrogens (tertiary/aromatic N) is 2. The highest BCUT2D eigenvalue weighted by Gasteiger charge is 2.27. The highest BCUT2D eigenvalue weighted by Crippen LogP contribution is 2.19. The first-order chi connectivity index (χ1) is 9.88. The first-order valence-electron chi connectivity index (χ1n) is 8.37. The predicted octanol–water partition coefficient (Wildman–Crippen LogP) is 1.67. The van der Waals surface area contributed by atoms with E-state index in [1.807, 2.05) is 0 Å². The standard InChI is InChI=1S/C15H31N3O2S/c1-13-6-9-18(10-7-13)21(19,20)16-11-15(3)17-8-4-5-14(2)12-17/h13-16H,4-12H2,1-3H3/t14-,15+/m1/s1. The average molecular weight is 317 g/mol. The molecule has 6 heteroatoms. The van der Waals surface area contributed by atoms with Gasteiger partial charge in [0, 0.05) is 32.2 Å². The monoisotopic (exact) mass is 317 g/mol. The fourth-order valence-corrected chi connectivity index (χ4v) is 4.62. The molecule has 2 rings (SSSR count). The normalized spacial score (nSPS) is 28.6. The van der Waals surface area contributed by atoms with Gasteiger partial charge in [0.25, 0.3) is 10.2 Å². The lowest BCUT2D eigenvalue weighted by Crippen LogP contribution is -2.50. The van der Waals surface area contributed by atoms with Gasteiger partial charge in [-0.15, -0.1) is 0 Å². The van der Waals surface area contributed by atoms with Crippen LogP contribution in [0.5, 0.6) is 0 Å². The zero-order chi connectivity index (χ0) is 15.5. The first kappa shape index (κ1) is 17.2. The van der Waals surface area contributed by atoms with Gasteiger partial charge >= 0.3 is 0 Å². The Morgan fingerprint density at radius 1 is 1.10 bits per heavy atom. The minimum atomic E-state index is -3.30. The summed E-state index contributed by atoms with van der Waals surface area (Å²) < 4.78 is 29.1. The molecule has 2 aliphatic heterocycles. The van der Waals surface area contributed by atoms with Crippen LogP contribution in [0, 0.1) is 11.8 Å². The second-order valence-electron chi connectivity index (χ2n) is 7.03.